The second-order valence-corrected chi connectivity index (χ2v) is 7.23. The van der Waals surface area contributed by atoms with Gasteiger partial charge in [0.2, 0.25) is 0 Å². The molecule has 1 aromatic heterocycles. The molecule has 0 saturated heterocycles. The van der Waals surface area contributed by atoms with Crippen molar-refractivity contribution in [3.05, 3.63) is 40.9 Å². The molecule has 0 saturated carbocycles. The highest BCUT2D eigenvalue weighted by molar-refractivity contribution is 7.98. The number of aromatic nitrogens is 1. The molecule has 1 N–H and O–H groups in total. The van der Waals surface area contributed by atoms with Gasteiger partial charge in [0, 0.05) is 28.3 Å². The Morgan fingerprint density at radius 3 is 2.65 bits per heavy atom. The van der Waals surface area contributed by atoms with E-state index in [0.29, 0.717) is 5.92 Å². The van der Waals surface area contributed by atoms with Gasteiger partial charge in [0.25, 0.3) is 0 Å². The summed E-state index contributed by atoms with van der Waals surface area (Å²) in [5, 5.41) is 4.37. The minimum atomic E-state index is 0.600. The largest absolute Gasteiger partial charge is 0.362 e. The Labute approximate surface area is 130 Å². The van der Waals surface area contributed by atoms with E-state index in [0.717, 1.165) is 23.8 Å². The molecule has 0 bridgehead atoms. The predicted molar refractivity (Wildman–Crippen MR) is 91.0 cm³/mol. The molecule has 0 atom stereocenters. The van der Waals surface area contributed by atoms with Crippen molar-refractivity contribution >= 4 is 28.2 Å². The van der Waals surface area contributed by atoms with Crippen molar-refractivity contribution in [3.8, 4) is 0 Å². The number of nitrogens with one attached hydrogen (secondary N) is 1. The molecule has 0 aliphatic rings. The molecule has 0 aliphatic carbocycles. The van der Waals surface area contributed by atoms with Gasteiger partial charge in [0.1, 0.15) is 0 Å². The Morgan fingerprint density at radius 2 is 2.00 bits per heavy atom. The zero-order valence-corrected chi connectivity index (χ0v) is 14.0. The summed E-state index contributed by atoms with van der Waals surface area (Å²) in [6.07, 6.45) is 3.12. The minimum absolute atomic E-state index is 0.600. The highest BCUT2D eigenvalue weighted by atomic mass is 32.2. The third-order valence-corrected chi connectivity index (χ3v) is 5.21. The van der Waals surface area contributed by atoms with Crippen LogP contribution in [-0.2, 0) is 5.75 Å². The summed E-state index contributed by atoms with van der Waals surface area (Å²) < 4.78 is 0. The summed E-state index contributed by atoms with van der Waals surface area (Å²) >= 11 is 3.63. The van der Waals surface area contributed by atoms with Gasteiger partial charge in [0.15, 0.2) is 5.13 Å². The Hall–Kier alpha value is -1.00. The number of rotatable bonds is 7. The fourth-order valence-corrected chi connectivity index (χ4v) is 3.55. The maximum Gasteiger partial charge on any atom is 0.182 e. The van der Waals surface area contributed by atoms with E-state index < -0.39 is 0 Å². The number of anilines is 1. The second kappa shape index (κ2) is 7.70. The molecule has 0 unspecified atom stereocenters. The van der Waals surface area contributed by atoms with Gasteiger partial charge in [-0.2, -0.15) is 0 Å². The van der Waals surface area contributed by atoms with Crippen LogP contribution >= 0.6 is 23.1 Å². The molecular weight excluding hydrogens is 284 g/mol. The average Bonchev–Trinajstić information content (AvgIpc) is 2.91. The van der Waals surface area contributed by atoms with E-state index in [4.69, 9.17) is 0 Å². The maximum absolute atomic E-state index is 4.40. The molecule has 0 radical (unpaired) electrons. The van der Waals surface area contributed by atoms with Gasteiger partial charge < -0.3 is 5.32 Å². The van der Waals surface area contributed by atoms with Crippen LogP contribution in [-0.4, -0.2) is 11.5 Å². The van der Waals surface area contributed by atoms with Crippen LogP contribution < -0.4 is 5.32 Å². The van der Waals surface area contributed by atoms with Crippen molar-refractivity contribution in [1.29, 1.82) is 0 Å². The monoisotopic (exact) mass is 306 g/mol. The van der Waals surface area contributed by atoms with E-state index in [1.807, 2.05) is 18.0 Å². The molecular formula is C16H22N2S2. The number of benzene rings is 1. The van der Waals surface area contributed by atoms with Gasteiger partial charge in [-0.1, -0.05) is 32.9 Å². The normalized spacial score (nSPS) is 11.0. The van der Waals surface area contributed by atoms with Crippen molar-refractivity contribution in [2.24, 2.45) is 0 Å². The highest BCUT2D eigenvalue weighted by Gasteiger charge is 2.03. The average molecular weight is 306 g/mol. The predicted octanol–water partition coefficient (Wildman–Crippen LogP) is 5.38. The molecule has 4 heteroatoms. The summed E-state index contributed by atoms with van der Waals surface area (Å²) in [7, 11) is 0. The molecule has 0 spiro atoms. The van der Waals surface area contributed by atoms with Crippen LogP contribution in [0.25, 0.3) is 0 Å². The van der Waals surface area contributed by atoms with E-state index in [9.17, 15) is 0 Å². The summed E-state index contributed by atoms with van der Waals surface area (Å²) in [5.41, 5.74) is 1.40. The first-order valence-corrected chi connectivity index (χ1v) is 8.90. The smallest absolute Gasteiger partial charge is 0.182 e. The van der Waals surface area contributed by atoms with Crippen LogP contribution in [0, 0.1) is 0 Å². The van der Waals surface area contributed by atoms with Crippen LogP contribution in [0.5, 0.6) is 0 Å². The first kappa shape index (κ1) is 15.4. The molecule has 2 nitrogen and oxygen atoms in total. The SMILES string of the molecule is CCCNc1ncc(CSc2ccc(C(C)C)cc2)s1. The second-order valence-electron chi connectivity index (χ2n) is 5.07. The Bertz CT molecular complexity index is 518. The summed E-state index contributed by atoms with van der Waals surface area (Å²) in [6.45, 7) is 7.61. The fourth-order valence-electron chi connectivity index (χ4n) is 1.79. The number of hydrogen-bond donors (Lipinski definition) is 1. The van der Waals surface area contributed by atoms with Gasteiger partial charge in [-0.3, -0.25) is 0 Å². The van der Waals surface area contributed by atoms with Crippen molar-refractivity contribution in [1.82, 2.24) is 4.98 Å². The Kier molecular flexibility index (Phi) is 5.92. The number of nitrogens with zero attached hydrogens (tertiary/aromatic N) is 1. The molecule has 0 aliphatic heterocycles. The highest BCUT2D eigenvalue weighted by Crippen LogP contribution is 2.28. The molecule has 0 amide bonds. The van der Waals surface area contributed by atoms with E-state index >= 15 is 0 Å². The molecule has 20 heavy (non-hydrogen) atoms. The summed E-state index contributed by atoms with van der Waals surface area (Å²) in [5.74, 6) is 1.59. The van der Waals surface area contributed by atoms with Crippen molar-refractivity contribution < 1.29 is 0 Å². The van der Waals surface area contributed by atoms with Gasteiger partial charge in [0.05, 0.1) is 0 Å². The molecule has 0 fully saturated rings. The van der Waals surface area contributed by atoms with E-state index in [1.165, 1.54) is 15.3 Å². The quantitative estimate of drug-likeness (QED) is 0.695. The standard InChI is InChI=1S/C16H22N2S2/c1-4-9-17-16-18-10-15(20-16)11-19-14-7-5-13(6-8-14)12(2)3/h5-8,10,12H,4,9,11H2,1-3H3,(H,17,18). The topological polar surface area (TPSA) is 24.9 Å². The third-order valence-electron chi connectivity index (χ3n) is 3.01. The van der Waals surface area contributed by atoms with Crippen molar-refractivity contribution in [2.45, 2.75) is 43.8 Å². The van der Waals surface area contributed by atoms with Gasteiger partial charge in [-0.05, 0) is 30.0 Å². The van der Waals surface area contributed by atoms with Crippen LogP contribution in [0.4, 0.5) is 5.13 Å². The maximum atomic E-state index is 4.40. The molecule has 2 aromatic rings. The van der Waals surface area contributed by atoms with Crippen LogP contribution in [0.15, 0.2) is 35.4 Å². The number of thiazole rings is 1. The Balaban J connectivity index is 1.86. The molecule has 108 valence electrons. The number of thioether (sulfide) groups is 1. The third kappa shape index (κ3) is 4.53. The van der Waals surface area contributed by atoms with Gasteiger partial charge in [-0.25, -0.2) is 4.98 Å². The van der Waals surface area contributed by atoms with E-state index in [2.05, 4.69) is 55.3 Å². The zero-order chi connectivity index (χ0) is 14.4. The van der Waals surface area contributed by atoms with Crippen LogP contribution in [0.2, 0.25) is 0 Å². The van der Waals surface area contributed by atoms with E-state index in [-0.39, 0.29) is 0 Å². The zero-order valence-electron chi connectivity index (χ0n) is 12.3. The summed E-state index contributed by atoms with van der Waals surface area (Å²) in [6, 6.07) is 8.90. The van der Waals surface area contributed by atoms with Crippen LogP contribution in [0.3, 0.4) is 0 Å². The minimum Gasteiger partial charge on any atom is -0.362 e. The summed E-state index contributed by atoms with van der Waals surface area (Å²) in [4.78, 5) is 7.04. The van der Waals surface area contributed by atoms with Crippen LogP contribution in [0.1, 0.15) is 43.6 Å². The van der Waals surface area contributed by atoms with E-state index in [1.54, 1.807) is 11.3 Å². The first-order valence-electron chi connectivity index (χ1n) is 7.10. The first-order chi connectivity index (χ1) is 9.69. The van der Waals surface area contributed by atoms with Crippen molar-refractivity contribution in [2.75, 3.05) is 11.9 Å². The van der Waals surface area contributed by atoms with Gasteiger partial charge in [-0.15, -0.1) is 23.1 Å². The lowest BCUT2D eigenvalue weighted by molar-refractivity contribution is 0.865. The fraction of sp³-hybridized carbons (Fsp3) is 0.438. The Morgan fingerprint density at radius 1 is 1.25 bits per heavy atom. The van der Waals surface area contributed by atoms with Gasteiger partial charge >= 0.3 is 0 Å². The number of hydrogen-bond acceptors (Lipinski definition) is 4. The lowest BCUT2D eigenvalue weighted by Gasteiger charge is -2.06. The molecule has 2 rings (SSSR count). The lowest BCUT2D eigenvalue weighted by Crippen LogP contribution is -1.97. The lowest BCUT2D eigenvalue weighted by atomic mass is 10.0. The molecule has 1 aromatic carbocycles. The molecule has 1 heterocycles. The van der Waals surface area contributed by atoms with Crippen molar-refractivity contribution in [3.63, 3.8) is 0 Å².